The predicted octanol–water partition coefficient (Wildman–Crippen LogP) is 1.63. The van der Waals surface area contributed by atoms with Gasteiger partial charge in [0.15, 0.2) is 0 Å². The Kier molecular flexibility index (Phi) is 3.79. The van der Waals surface area contributed by atoms with Crippen molar-refractivity contribution in [2.75, 3.05) is 6.54 Å². The van der Waals surface area contributed by atoms with Crippen molar-refractivity contribution in [3.63, 3.8) is 0 Å². The molecule has 0 aliphatic rings. The average Bonchev–Trinajstić information content (AvgIpc) is 1.84. The van der Waals surface area contributed by atoms with E-state index in [1.807, 2.05) is 0 Å². The molecule has 0 rings (SSSR count). The van der Waals surface area contributed by atoms with Crippen molar-refractivity contribution in [2.24, 2.45) is 0 Å². The van der Waals surface area contributed by atoms with Crippen LogP contribution in [0.25, 0.3) is 0 Å². The highest BCUT2D eigenvalue weighted by molar-refractivity contribution is 5.91. The molecular formula is C7H10F3NO. The first kappa shape index (κ1) is 11.0. The quantitative estimate of drug-likeness (QED) is 0.659. The van der Waals surface area contributed by atoms with Crippen LogP contribution in [-0.4, -0.2) is 18.6 Å². The first-order chi connectivity index (χ1) is 5.33. The van der Waals surface area contributed by atoms with Crippen LogP contribution in [0.15, 0.2) is 12.2 Å². The summed E-state index contributed by atoms with van der Waals surface area (Å²) in [5, 5.41) is 2.08. The van der Waals surface area contributed by atoms with Crippen molar-refractivity contribution in [3.8, 4) is 0 Å². The fourth-order valence-corrected chi connectivity index (χ4v) is 0.469. The Morgan fingerprint density at radius 1 is 1.50 bits per heavy atom. The maximum absolute atomic E-state index is 11.5. The van der Waals surface area contributed by atoms with Crippen LogP contribution < -0.4 is 5.32 Å². The van der Waals surface area contributed by atoms with Gasteiger partial charge in [-0.15, -0.1) is 0 Å². The van der Waals surface area contributed by atoms with Gasteiger partial charge in [0.05, 0.1) is 6.42 Å². The van der Waals surface area contributed by atoms with E-state index in [-0.39, 0.29) is 5.57 Å². The van der Waals surface area contributed by atoms with Gasteiger partial charge in [0.25, 0.3) is 0 Å². The average molecular weight is 181 g/mol. The van der Waals surface area contributed by atoms with E-state index in [2.05, 4.69) is 11.9 Å². The Morgan fingerprint density at radius 2 is 2.00 bits per heavy atom. The molecule has 0 bridgehead atoms. The predicted molar refractivity (Wildman–Crippen MR) is 38.5 cm³/mol. The van der Waals surface area contributed by atoms with Crippen LogP contribution in [0.1, 0.15) is 13.3 Å². The van der Waals surface area contributed by atoms with E-state index in [0.29, 0.717) is 0 Å². The minimum absolute atomic E-state index is 0.206. The monoisotopic (exact) mass is 181 g/mol. The molecule has 0 fully saturated rings. The number of alkyl halides is 3. The summed E-state index contributed by atoms with van der Waals surface area (Å²) in [6, 6.07) is 0. The van der Waals surface area contributed by atoms with Crippen LogP contribution in [0, 0.1) is 0 Å². The van der Waals surface area contributed by atoms with Gasteiger partial charge < -0.3 is 5.32 Å². The molecule has 0 saturated carbocycles. The second kappa shape index (κ2) is 4.13. The van der Waals surface area contributed by atoms with Crippen LogP contribution in [-0.2, 0) is 4.79 Å². The summed E-state index contributed by atoms with van der Waals surface area (Å²) in [7, 11) is 0. The third kappa shape index (κ3) is 5.76. The van der Waals surface area contributed by atoms with Gasteiger partial charge in [-0.3, -0.25) is 4.79 Å². The molecule has 70 valence electrons. The van der Waals surface area contributed by atoms with Crippen LogP contribution in [0.3, 0.4) is 0 Å². The van der Waals surface area contributed by atoms with Crippen LogP contribution in [0.5, 0.6) is 0 Å². The standard InChI is InChI=1S/C7H10F3NO/c1-5(2)6(12)11-4-3-7(8,9)10/h1,3-4H2,2H3,(H,11,12). The Balaban J connectivity index is 3.58. The molecule has 0 heterocycles. The molecule has 5 heteroatoms. The topological polar surface area (TPSA) is 29.1 Å². The van der Waals surface area contributed by atoms with Gasteiger partial charge in [0.1, 0.15) is 0 Å². The van der Waals surface area contributed by atoms with Gasteiger partial charge in [-0.05, 0) is 6.92 Å². The molecule has 0 atom stereocenters. The molecular weight excluding hydrogens is 171 g/mol. The van der Waals surface area contributed by atoms with Gasteiger partial charge in [0, 0.05) is 12.1 Å². The SMILES string of the molecule is C=C(C)C(=O)NCCC(F)(F)F. The number of hydrogen-bond acceptors (Lipinski definition) is 1. The largest absolute Gasteiger partial charge is 0.390 e. The smallest absolute Gasteiger partial charge is 0.352 e. The second-order valence-corrected chi connectivity index (χ2v) is 2.40. The highest BCUT2D eigenvalue weighted by Gasteiger charge is 2.26. The van der Waals surface area contributed by atoms with Crippen molar-refractivity contribution in [1.29, 1.82) is 0 Å². The van der Waals surface area contributed by atoms with E-state index < -0.39 is 25.0 Å². The fourth-order valence-electron chi connectivity index (χ4n) is 0.469. The van der Waals surface area contributed by atoms with Crippen molar-refractivity contribution in [2.45, 2.75) is 19.5 Å². The summed E-state index contributed by atoms with van der Waals surface area (Å²) >= 11 is 0. The molecule has 0 radical (unpaired) electrons. The van der Waals surface area contributed by atoms with Crippen LogP contribution in [0.4, 0.5) is 13.2 Å². The zero-order valence-electron chi connectivity index (χ0n) is 6.66. The van der Waals surface area contributed by atoms with E-state index in [0.717, 1.165) is 0 Å². The molecule has 0 unspecified atom stereocenters. The molecule has 0 spiro atoms. The number of hydrogen-bond donors (Lipinski definition) is 1. The Labute approximate surface area is 68.4 Å². The van der Waals surface area contributed by atoms with Gasteiger partial charge in [-0.25, -0.2) is 0 Å². The van der Waals surface area contributed by atoms with Crippen LogP contribution >= 0.6 is 0 Å². The molecule has 0 aromatic heterocycles. The summed E-state index contributed by atoms with van der Waals surface area (Å²) < 4.78 is 34.6. The van der Waals surface area contributed by atoms with Gasteiger partial charge in [-0.1, -0.05) is 6.58 Å². The molecule has 0 aromatic carbocycles. The van der Waals surface area contributed by atoms with Crippen LogP contribution in [0.2, 0.25) is 0 Å². The summed E-state index contributed by atoms with van der Waals surface area (Å²) in [4.78, 5) is 10.7. The van der Waals surface area contributed by atoms with Gasteiger partial charge >= 0.3 is 6.18 Å². The fraction of sp³-hybridized carbons (Fsp3) is 0.571. The minimum atomic E-state index is -4.22. The van der Waals surface area contributed by atoms with E-state index in [1.165, 1.54) is 6.92 Å². The molecule has 1 N–H and O–H groups in total. The zero-order valence-corrected chi connectivity index (χ0v) is 6.66. The number of carbonyl (C=O) groups is 1. The highest BCUT2D eigenvalue weighted by atomic mass is 19.4. The summed E-state index contributed by atoms with van der Waals surface area (Å²) in [5.74, 6) is -0.542. The molecule has 0 aliphatic heterocycles. The molecule has 12 heavy (non-hydrogen) atoms. The summed E-state index contributed by atoms with van der Waals surface area (Å²) in [6.07, 6.45) is -5.23. The lowest BCUT2D eigenvalue weighted by molar-refractivity contribution is -0.135. The molecule has 2 nitrogen and oxygen atoms in total. The highest BCUT2D eigenvalue weighted by Crippen LogP contribution is 2.18. The van der Waals surface area contributed by atoms with E-state index in [4.69, 9.17) is 0 Å². The number of halogens is 3. The Hall–Kier alpha value is -1.00. The Bertz CT molecular complexity index is 186. The third-order valence-corrected chi connectivity index (χ3v) is 1.08. The first-order valence-corrected chi connectivity index (χ1v) is 3.33. The second-order valence-electron chi connectivity index (χ2n) is 2.40. The lowest BCUT2D eigenvalue weighted by Crippen LogP contribution is -2.28. The van der Waals surface area contributed by atoms with Crippen molar-refractivity contribution in [3.05, 3.63) is 12.2 Å². The molecule has 1 amide bonds. The van der Waals surface area contributed by atoms with Gasteiger partial charge in [0.2, 0.25) is 5.91 Å². The lowest BCUT2D eigenvalue weighted by Gasteiger charge is -2.06. The Morgan fingerprint density at radius 3 is 2.33 bits per heavy atom. The van der Waals surface area contributed by atoms with Crippen molar-refractivity contribution in [1.82, 2.24) is 5.32 Å². The lowest BCUT2D eigenvalue weighted by atomic mass is 10.3. The zero-order chi connectivity index (χ0) is 9.78. The molecule has 0 aromatic rings. The number of rotatable bonds is 3. The molecule has 0 aliphatic carbocycles. The van der Waals surface area contributed by atoms with E-state index in [9.17, 15) is 18.0 Å². The van der Waals surface area contributed by atoms with E-state index in [1.54, 1.807) is 0 Å². The number of amides is 1. The number of nitrogens with one attached hydrogen (secondary N) is 1. The number of carbonyl (C=O) groups excluding carboxylic acids is 1. The van der Waals surface area contributed by atoms with Gasteiger partial charge in [-0.2, -0.15) is 13.2 Å². The maximum Gasteiger partial charge on any atom is 0.390 e. The van der Waals surface area contributed by atoms with Crippen molar-refractivity contribution >= 4 is 5.91 Å². The first-order valence-electron chi connectivity index (χ1n) is 3.33. The normalized spacial score (nSPS) is 11.0. The molecule has 0 saturated heterocycles. The minimum Gasteiger partial charge on any atom is -0.352 e. The maximum atomic E-state index is 11.5. The van der Waals surface area contributed by atoms with Crippen molar-refractivity contribution < 1.29 is 18.0 Å². The summed E-state index contributed by atoms with van der Waals surface area (Å²) in [6.45, 7) is 4.32. The summed E-state index contributed by atoms with van der Waals surface area (Å²) in [5.41, 5.74) is 0.206. The van der Waals surface area contributed by atoms with E-state index >= 15 is 0 Å². The third-order valence-electron chi connectivity index (χ3n) is 1.08.